The third kappa shape index (κ3) is 4.83. The Hall–Kier alpha value is -1.92. The van der Waals surface area contributed by atoms with Crippen LogP contribution in [0.1, 0.15) is 50.0 Å². The van der Waals surface area contributed by atoms with Gasteiger partial charge < -0.3 is 10.1 Å². The Morgan fingerprint density at radius 3 is 2.77 bits per heavy atom. The maximum atomic E-state index is 12.3. The number of hydrogen-bond donors (Lipinski definition) is 2. The summed E-state index contributed by atoms with van der Waals surface area (Å²) in [4.78, 5) is 17.9. The number of aromatic nitrogens is 1. The lowest BCUT2D eigenvalue weighted by atomic mass is 9.86. The number of amides is 1. The van der Waals surface area contributed by atoms with Crippen LogP contribution >= 0.6 is 11.3 Å². The molecule has 1 aromatic carbocycles. The highest BCUT2D eigenvalue weighted by Crippen LogP contribution is 2.32. The van der Waals surface area contributed by atoms with Crippen molar-refractivity contribution in [3.05, 3.63) is 40.9 Å². The molecule has 0 aliphatic carbocycles. The molecule has 0 bridgehead atoms. The molecule has 1 amide bonds. The monoisotopic (exact) mass is 373 g/mol. The van der Waals surface area contributed by atoms with Gasteiger partial charge >= 0.3 is 0 Å². The van der Waals surface area contributed by atoms with Crippen molar-refractivity contribution < 1.29 is 9.53 Å². The lowest BCUT2D eigenvalue weighted by Crippen LogP contribution is -2.26. The van der Waals surface area contributed by atoms with Gasteiger partial charge in [0.15, 0.2) is 11.7 Å². The molecule has 2 aromatic rings. The van der Waals surface area contributed by atoms with E-state index < -0.39 is 0 Å². The Morgan fingerprint density at radius 1 is 1.31 bits per heavy atom. The van der Waals surface area contributed by atoms with E-state index in [0.717, 1.165) is 37.2 Å². The van der Waals surface area contributed by atoms with E-state index in [2.05, 4.69) is 36.4 Å². The molecule has 0 spiro atoms. The van der Waals surface area contributed by atoms with Crippen LogP contribution in [0.15, 0.2) is 30.5 Å². The quantitative estimate of drug-likeness (QED) is 0.834. The predicted octanol–water partition coefficient (Wildman–Crippen LogP) is 3.93. The van der Waals surface area contributed by atoms with E-state index in [1.165, 1.54) is 4.88 Å². The zero-order valence-electron chi connectivity index (χ0n) is 15.7. The van der Waals surface area contributed by atoms with E-state index in [-0.39, 0.29) is 17.9 Å². The number of ether oxygens (including phenoxy) is 1. The summed E-state index contributed by atoms with van der Waals surface area (Å²) in [6.45, 7) is 8.47. The van der Waals surface area contributed by atoms with E-state index in [9.17, 15) is 4.79 Å². The Labute approximate surface area is 159 Å². The zero-order valence-corrected chi connectivity index (χ0v) is 16.5. The number of hydrogen-bond acceptors (Lipinski definition) is 5. The minimum absolute atomic E-state index is 0.0185. The molecule has 1 fully saturated rings. The molecule has 0 saturated carbocycles. The molecular weight excluding hydrogens is 346 g/mol. The summed E-state index contributed by atoms with van der Waals surface area (Å²) >= 11 is 1.57. The lowest BCUT2D eigenvalue weighted by molar-refractivity contribution is -0.118. The van der Waals surface area contributed by atoms with E-state index in [0.29, 0.717) is 11.0 Å². The normalized spacial score (nSPS) is 15.7. The molecule has 0 atom stereocenters. The minimum atomic E-state index is -0.181. The van der Waals surface area contributed by atoms with Crippen LogP contribution in [-0.4, -0.2) is 30.6 Å². The average molecular weight is 374 g/mol. The number of para-hydroxylation sites is 1. The maximum absolute atomic E-state index is 12.3. The molecule has 26 heavy (non-hydrogen) atoms. The molecule has 5 nitrogen and oxygen atoms in total. The average Bonchev–Trinajstić information content (AvgIpc) is 3.09. The van der Waals surface area contributed by atoms with Crippen LogP contribution in [0, 0.1) is 0 Å². The summed E-state index contributed by atoms with van der Waals surface area (Å²) in [5.74, 6) is 1.12. The highest BCUT2D eigenvalue weighted by molar-refractivity contribution is 7.15. The Morgan fingerprint density at radius 2 is 2.04 bits per heavy atom. The van der Waals surface area contributed by atoms with Crippen LogP contribution in [0.2, 0.25) is 0 Å². The van der Waals surface area contributed by atoms with Gasteiger partial charge in [0.1, 0.15) is 5.75 Å². The zero-order chi connectivity index (χ0) is 18.6. The van der Waals surface area contributed by atoms with Crippen molar-refractivity contribution in [2.45, 2.75) is 44.9 Å². The molecule has 1 aromatic heterocycles. The molecular formula is C20H27N3O2S. The Bertz CT molecular complexity index is 746. The van der Waals surface area contributed by atoms with E-state index >= 15 is 0 Å². The largest absolute Gasteiger partial charge is 0.483 e. The molecule has 6 heteroatoms. The van der Waals surface area contributed by atoms with Crippen molar-refractivity contribution in [1.29, 1.82) is 0 Å². The number of carbonyl (C=O) groups is 1. The SMILES string of the molecule is CC(C)(C)c1ccccc1OCC(=O)Nc1ncc(C2CCNCC2)s1. The predicted molar refractivity (Wildman–Crippen MR) is 106 cm³/mol. The van der Waals surface area contributed by atoms with Gasteiger partial charge in [0, 0.05) is 11.1 Å². The first-order chi connectivity index (χ1) is 12.4. The van der Waals surface area contributed by atoms with Crippen LogP contribution in [0.5, 0.6) is 5.75 Å². The van der Waals surface area contributed by atoms with Crippen molar-refractivity contribution in [2.75, 3.05) is 25.0 Å². The molecule has 1 saturated heterocycles. The highest BCUT2D eigenvalue weighted by Gasteiger charge is 2.20. The Balaban J connectivity index is 1.56. The number of rotatable bonds is 5. The van der Waals surface area contributed by atoms with Gasteiger partial charge in [-0.1, -0.05) is 39.0 Å². The summed E-state index contributed by atoms with van der Waals surface area (Å²) in [5, 5.41) is 6.88. The molecule has 0 radical (unpaired) electrons. The third-order valence-corrected chi connectivity index (χ3v) is 5.64. The van der Waals surface area contributed by atoms with Crippen LogP contribution in [0.25, 0.3) is 0 Å². The van der Waals surface area contributed by atoms with Crippen molar-refractivity contribution in [3.63, 3.8) is 0 Å². The summed E-state index contributed by atoms with van der Waals surface area (Å²) in [7, 11) is 0. The summed E-state index contributed by atoms with van der Waals surface area (Å²) in [5.41, 5.74) is 1.06. The fourth-order valence-corrected chi connectivity index (χ4v) is 4.15. The first-order valence-electron chi connectivity index (χ1n) is 9.12. The third-order valence-electron chi connectivity index (χ3n) is 4.57. The molecule has 0 unspecified atom stereocenters. The van der Waals surface area contributed by atoms with Crippen LogP contribution in [0.3, 0.4) is 0 Å². The van der Waals surface area contributed by atoms with E-state index in [1.54, 1.807) is 11.3 Å². The van der Waals surface area contributed by atoms with Gasteiger partial charge in [-0.05, 0) is 48.9 Å². The van der Waals surface area contributed by atoms with Crippen molar-refractivity contribution in [2.24, 2.45) is 0 Å². The molecule has 1 aliphatic rings. The van der Waals surface area contributed by atoms with E-state index in [1.807, 2.05) is 30.5 Å². The fourth-order valence-electron chi connectivity index (χ4n) is 3.15. The highest BCUT2D eigenvalue weighted by atomic mass is 32.1. The van der Waals surface area contributed by atoms with Gasteiger partial charge in [0.2, 0.25) is 0 Å². The van der Waals surface area contributed by atoms with Crippen molar-refractivity contribution >= 4 is 22.4 Å². The maximum Gasteiger partial charge on any atom is 0.264 e. The molecule has 140 valence electrons. The fraction of sp³-hybridized carbons (Fsp3) is 0.500. The molecule has 3 rings (SSSR count). The smallest absolute Gasteiger partial charge is 0.264 e. The number of piperidine rings is 1. The number of nitrogens with one attached hydrogen (secondary N) is 2. The second kappa shape index (κ2) is 8.18. The number of nitrogens with zero attached hydrogens (tertiary/aromatic N) is 1. The number of benzene rings is 1. The van der Waals surface area contributed by atoms with Gasteiger partial charge in [-0.15, -0.1) is 11.3 Å². The first-order valence-corrected chi connectivity index (χ1v) is 9.94. The first kappa shape index (κ1) is 18.9. The Kier molecular flexibility index (Phi) is 5.94. The lowest BCUT2D eigenvalue weighted by Gasteiger charge is -2.22. The second-order valence-electron chi connectivity index (χ2n) is 7.68. The number of anilines is 1. The number of carbonyl (C=O) groups excluding carboxylic acids is 1. The van der Waals surface area contributed by atoms with Gasteiger partial charge in [0.25, 0.3) is 5.91 Å². The van der Waals surface area contributed by atoms with Gasteiger partial charge in [-0.25, -0.2) is 4.98 Å². The van der Waals surface area contributed by atoms with Crippen molar-refractivity contribution in [1.82, 2.24) is 10.3 Å². The molecule has 2 heterocycles. The van der Waals surface area contributed by atoms with Crippen LogP contribution < -0.4 is 15.4 Å². The van der Waals surface area contributed by atoms with Gasteiger partial charge in [-0.2, -0.15) is 0 Å². The standard InChI is InChI=1S/C20H27N3O2S/c1-20(2,3)15-6-4-5-7-16(15)25-13-18(24)23-19-22-12-17(26-19)14-8-10-21-11-9-14/h4-7,12,14,21H,8-11,13H2,1-3H3,(H,22,23,24). The molecule has 2 N–H and O–H groups in total. The van der Waals surface area contributed by atoms with E-state index in [4.69, 9.17) is 4.74 Å². The van der Waals surface area contributed by atoms with Crippen LogP contribution in [0.4, 0.5) is 5.13 Å². The van der Waals surface area contributed by atoms with Gasteiger partial charge in [-0.3, -0.25) is 10.1 Å². The second-order valence-corrected chi connectivity index (χ2v) is 8.74. The van der Waals surface area contributed by atoms with Crippen LogP contribution in [-0.2, 0) is 10.2 Å². The molecule has 1 aliphatic heterocycles. The minimum Gasteiger partial charge on any atom is -0.483 e. The summed E-state index contributed by atoms with van der Waals surface area (Å²) in [6, 6.07) is 7.87. The van der Waals surface area contributed by atoms with Crippen molar-refractivity contribution in [3.8, 4) is 5.75 Å². The topological polar surface area (TPSA) is 63.2 Å². The van der Waals surface area contributed by atoms with Gasteiger partial charge in [0.05, 0.1) is 0 Å². The summed E-state index contributed by atoms with van der Waals surface area (Å²) < 4.78 is 5.78. The summed E-state index contributed by atoms with van der Waals surface area (Å²) in [6.07, 6.45) is 4.15. The number of thiazole rings is 1.